The number of hydrogen-bond donors (Lipinski definition) is 3. The lowest BCUT2D eigenvalue weighted by molar-refractivity contribution is -0.131. The lowest BCUT2D eigenvalue weighted by Gasteiger charge is -2.23. The fourth-order valence-corrected chi connectivity index (χ4v) is 6.51. The van der Waals surface area contributed by atoms with Crippen molar-refractivity contribution in [1.29, 1.82) is 0 Å². The highest BCUT2D eigenvalue weighted by atomic mass is 32.2. The molecule has 3 N–H and O–H groups in total. The van der Waals surface area contributed by atoms with Gasteiger partial charge in [-0.15, -0.1) is 10.2 Å². The van der Waals surface area contributed by atoms with E-state index in [-0.39, 0.29) is 28.8 Å². The number of aryl methyl sites for hydroxylation is 1. The molecule has 2 aromatic rings. The van der Waals surface area contributed by atoms with Crippen molar-refractivity contribution in [2.24, 2.45) is 10.2 Å². The molecular formula is C39H63N3O6S. The standard InChI is InChI=1S/C39H63N3O6S/c1-3-5-7-9-11-13-15-17-19-21-29-42(30-22-20-18-16-14-12-10-8-6-4-2)39(45)28-24-33-23-26-37(43)35(31-33)40-41-36-32-34(49(46,47)48)25-27-38(36)44/h23,25-27,31-32,43-44H,3-22,24,28-30H2,1-2H3,(H,46,47,48). The maximum Gasteiger partial charge on any atom is 0.294 e. The lowest BCUT2D eigenvalue weighted by Crippen LogP contribution is -2.33. The number of nitrogens with zero attached hydrogens (tertiary/aromatic N) is 3. The summed E-state index contributed by atoms with van der Waals surface area (Å²) in [6.07, 6.45) is 26.0. The molecule has 49 heavy (non-hydrogen) atoms. The summed E-state index contributed by atoms with van der Waals surface area (Å²) in [7, 11) is -4.49. The monoisotopic (exact) mass is 701 g/mol. The van der Waals surface area contributed by atoms with Crippen molar-refractivity contribution in [1.82, 2.24) is 4.90 Å². The van der Waals surface area contributed by atoms with Gasteiger partial charge in [0.25, 0.3) is 10.1 Å². The molecule has 2 aromatic carbocycles. The third-order valence-electron chi connectivity index (χ3n) is 9.09. The molecule has 0 aliphatic rings. The van der Waals surface area contributed by atoms with Crippen LogP contribution in [0.15, 0.2) is 51.5 Å². The molecule has 0 aromatic heterocycles. The number of rotatable bonds is 28. The van der Waals surface area contributed by atoms with Gasteiger partial charge in [0.2, 0.25) is 5.91 Å². The number of phenolic OH excluding ortho intramolecular Hbond substituents is 2. The quantitative estimate of drug-likeness (QED) is 0.0458. The zero-order valence-corrected chi connectivity index (χ0v) is 31.1. The second-order valence-corrected chi connectivity index (χ2v) is 14.8. The second kappa shape index (κ2) is 25.0. The Morgan fingerprint density at radius 2 is 1.02 bits per heavy atom. The first-order valence-electron chi connectivity index (χ1n) is 19.0. The van der Waals surface area contributed by atoms with Gasteiger partial charge in [-0.1, -0.05) is 135 Å². The van der Waals surface area contributed by atoms with Crippen LogP contribution in [0.2, 0.25) is 0 Å². The Morgan fingerprint density at radius 3 is 1.47 bits per heavy atom. The molecule has 2 rings (SSSR count). The second-order valence-electron chi connectivity index (χ2n) is 13.4. The van der Waals surface area contributed by atoms with Crippen molar-refractivity contribution in [2.45, 2.75) is 160 Å². The van der Waals surface area contributed by atoms with Gasteiger partial charge in [0.1, 0.15) is 22.9 Å². The SMILES string of the molecule is CCCCCCCCCCCCN(CCCCCCCCCCCC)C(=O)CCc1ccc(O)c(N=Nc2cc(S(=O)(=O)O)ccc2O)c1. The summed E-state index contributed by atoms with van der Waals surface area (Å²) in [4.78, 5) is 15.1. The molecule has 9 nitrogen and oxygen atoms in total. The number of aromatic hydroxyl groups is 2. The number of carbonyl (C=O) groups excluding carboxylic acids is 1. The summed E-state index contributed by atoms with van der Waals surface area (Å²) in [5.74, 6) is -0.342. The topological polar surface area (TPSA) is 140 Å². The summed E-state index contributed by atoms with van der Waals surface area (Å²) in [5.41, 5.74) is 0.743. The van der Waals surface area contributed by atoms with Crippen molar-refractivity contribution < 1.29 is 28.0 Å². The van der Waals surface area contributed by atoms with Gasteiger partial charge < -0.3 is 15.1 Å². The molecule has 1 amide bonds. The first kappa shape index (κ1) is 42.2. The van der Waals surface area contributed by atoms with E-state index in [2.05, 4.69) is 24.1 Å². The third-order valence-corrected chi connectivity index (χ3v) is 9.94. The van der Waals surface area contributed by atoms with Crippen molar-refractivity contribution in [2.75, 3.05) is 13.1 Å². The summed E-state index contributed by atoms with van der Waals surface area (Å²) in [5, 5.41) is 28.3. The molecule has 0 saturated heterocycles. The first-order chi connectivity index (χ1) is 23.7. The molecule has 0 unspecified atom stereocenters. The number of carbonyl (C=O) groups is 1. The van der Waals surface area contributed by atoms with Gasteiger partial charge in [-0.2, -0.15) is 8.42 Å². The highest BCUT2D eigenvalue weighted by molar-refractivity contribution is 7.85. The molecule has 0 spiro atoms. The molecule has 0 heterocycles. The Balaban J connectivity index is 1.91. The molecule has 0 atom stereocenters. The summed E-state index contributed by atoms with van der Waals surface area (Å²) in [6, 6.07) is 7.99. The fraction of sp³-hybridized carbons (Fsp3) is 0.667. The number of azo groups is 1. The van der Waals surface area contributed by atoms with Crippen molar-refractivity contribution in [3.8, 4) is 11.5 Å². The number of benzene rings is 2. The van der Waals surface area contributed by atoms with Gasteiger partial charge in [0.05, 0.1) is 4.90 Å². The van der Waals surface area contributed by atoms with Crippen molar-refractivity contribution in [3.05, 3.63) is 42.0 Å². The highest BCUT2D eigenvalue weighted by Crippen LogP contribution is 2.34. The van der Waals surface area contributed by atoms with Gasteiger partial charge in [0, 0.05) is 19.5 Å². The first-order valence-corrected chi connectivity index (χ1v) is 20.4. The molecule has 0 fully saturated rings. The van der Waals surface area contributed by atoms with Crippen LogP contribution in [0.25, 0.3) is 0 Å². The van der Waals surface area contributed by atoms with Crippen LogP contribution < -0.4 is 0 Å². The summed E-state index contributed by atoms with van der Waals surface area (Å²) >= 11 is 0. The summed E-state index contributed by atoms with van der Waals surface area (Å²) in [6.45, 7) is 6.07. The molecule has 0 radical (unpaired) electrons. The average Bonchev–Trinajstić information content (AvgIpc) is 3.07. The minimum absolute atomic E-state index is 0.120. The van der Waals surface area contributed by atoms with E-state index < -0.39 is 15.0 Å². The van der Waals surface area contributed by atoms with Crippen LogP contribution in [0.5, 0.6) is 11.5 Å². The van der Waals surface area contributed by atoms with E-state index in [1.165, 1.54) is 109 Å². The van der Waals surface area contributed by atoms with Crippen LogP contribution in [-0.2, 0) is 21.3 Å². The Hall–Kier alpha value is -2.98. The maximum absolute atomic E-state index is 13.4. The highest BCUT2D eigenvalue weighted by Gasteiger charge is 2.15. The van der Waals surface area contributed by atoms with E-state index in [0.29, 0.717) is 12.8 Å². The van der Waals surface area contributed by atoms with E-state index in [1.54, 1.807) is 12.1 Å². The Kier molecular flexibility index (Phi) is 21.6. The van der Waals surface area contributed by atoms with Crippen LogP contribution in [0.1, 0.15) is 154 Å². The number of amides is 1. The summed E-state index contributed by atoms with van der Waals surface area (Å²) < 4.78 is 32.2. The fourth-order valence-electron chi connectivity index (χ4n) is 6.01. The third kappa shape index (κ3) is 18.5. The van der Waals surface area contributed by atoms with Crippen LogP contribution in [0.3, 0.4) is 0 Å². The number of hydrogen-bond acceptors (Lipinski definition) is 7. The van der Waals surface area contributed by atoms with Gasteiger partial charge in [-0.05, 0) is 55.2 Å². The minimum Gasteiger partial charge on any atom is -0.506 e. The van der Waals surface area contributed by atoms with Crippen LogP contribution in [0.4, 0.5) is 11.4 Å². The maximum atomic E-state index is 13.4. The average molecular weight is 702 g/mol. The lowest BCUT2D eigenvalue weighted by atomic mass is 10.1. The smallest absolute Gasteiger partial charge is 0.294 e. The van der Waals surface area contributed by atoms with Gasteiger partial charge >= 0.3 is 0 Å². The molecule has 0 aliphatic carbocycles. The van der Waals surface area contributed by atoms with E-state index in [1.807, 2.05) is 4.90 Å². The molecule has 276 valence electrons. The van der Waals surface area contributed by atoms with Crippen molar-refractivity contribution >= 4 is 27.4 Å². The molecule has 10 heteroatoms. The molecular weight excluding hydrogens is 639 g/mol. The Bertz CT molecular complexity index is 1320. The Morgan fingerprint density at radius 1 is 0.612 bits per heavy atom. The van der Waals surface area contributed by atoms with Gasteiger partial charge in [-0.3, -0.25) is 9.35 Å². The predicted octanol–water partition coefficient (Wildman–Crippen LogP) is 11.4. The van der Waals surface area contributed by atoms with E-state index in [4.69, 9.17) is 0 Å². The largest absolute Gasteiger partial charge is 0.506 e. The normalized spacial score (nSPS) is 11.8. The Labute approximate surface area is 296 Å². The van der Waals surface area contributed by atoms with Gasteiger partial charge in [0.15, 0.2) is 0 Å². The van der Waals surface area contributed by atoms with E-state index in [9.17, 15) is 28.0 Å². The zero-order chi connectivity index (χ0) is 35.7. The van der Waals surface area contributed by atoms with Crippen LogP contribution in [0, 0.1) is 0 Å². The zero-order valence-electron chi connectivity index (χ0n) is 30.3. The van der Waals surface area contributed by atoms with E-state index >= 15 is 0 Å². The van der Waals surface area contributed by atoms with Crippen LogP contribution in [-0.4, -0.2) is 47.1 Å². The number of unbranched alkanes of at least 4 members (excludes halogenated alkanes) is 18. The molecule has 0 bridgehead atoms. The molecule has 0 aliphatic heterocycles. The number of phenols is 2. The van der Waals surface area contributed by atoms with Gasteiger partial charge in [-0.25, -0.2) is 0 Å². The molecule has 0 saturated carbocycles. The van der Waals surface area contributed by atoms with Crippen molar-refractivity contribution in [3.63, 3.8) is 0 Å². The minimum atomic E-state index is -4.49. The predicted molar refractivity (Wildman–Crippen MR) is 199 cm³/mol. The van der Waals surface area contributed by atoms with Crippen LogP contribution >= 0.6 is 0 Å². The van der Waals surface area contributed by atoms with E-state index in [0.717, 1.165) is 62.5 Å².